The Morgan fingerprint density at radius 2 is 2.25 bits per heavy atom. The third-order valence-electron chi connectivity index (χ3n) is 2.82. The van der Waals surface area contributed by atoms with Gasteiger partial charge in [-0.1, -0.05) is 20.3 Å². The van der Waals surface area contributed by atoms with E-state index < -0.39 is 21.9 Å². The molecule has 0 aromatic rings. The van der Waals surface area contributed by atoms with Gasteiger partial charge in [-0.3, -0.25) is 4.79 Å². The van der Waals surface area contributed by atoms with E-state index in [1.165, 1.54) is 6.08 Å². The number of amides is 1. The predicted octanol–water partition coefficient (Wildman–Crippen LogP) is -0.213. The van der Waals surface area contributed by atoms with Crippen molar-refractivity contribution >= 4 is 15.7 Å². The molecular weight excluding hydrogens is 228 g/mol. The Labute approximate surface area is 96.0 Å². The molecule has 0 aromatic carbocycles. The summed E-state index contributed by atoms with van der Waals surface area (Å²) in [5.74, 6) is -0.269. The molecule has 0 fully saturated rings. The molecule has 1 aliphatic heterocycles. The number of hydrogen-bond donors (Lipinski definition) is 2. The van der Waals surface area contributed by atoms with E-state index in [1.54, 1.807) is 0 Å². The van der Waals surface area contributed by atoms with Gasteiger partial charge in [0.2, 0.25) is 5.91 Å². The molecule has 3 N–H and O–H groups in total. The number of carbonyl (C=O) groups excluding carboxylic acids is 1. The van der Waals surface area contributed by atoms with Gasteiger partial charge in [0, 0.05) is 5.41 Å². The summed E-state index contributed by atoms with van der Waals surface area (Å²) in [6.45, 7) is 3.85. The first-order chi connectivity index (χ1) is 7.35. The Kier molecular flexibility index (Phi) is 4.09. The van der Waals surface area contributed by atoms with Gasteiger partial charge in [0.15, 0.2) is 9.84 Å². The Hall–Kier alpha value is -0.880. The maximum Gasteiger partial charge on any atom is 0.237 e. The molecule has 5 nitrogen and oxygen atoms in total. The lowest BCUT2D eigenvalue weighted by Crippen LogP contribution is -2.48. The normalized spacial score (nSPS) is 26.3. The van der Waals surface area contributed by atoms with E-state index in [0.717, 1.165) is 11.8 Å². The highest BCUT2D eigenvalue weighted by molar-refractivity contribution is 7.94. The molecule has 0 aromatic heterocycles. The van der Waals surface area contributed by atoms with E-state index >= 15 is 0 Å². The summed E-state index contributed by atoms with van der Waals surface area (Å²) in [5, 5.41) is 3.75. The summed E-state index contributed by atoms with van der Waals surface area (Å²) in [6, 6.07) is -1.02. The van der Waals surface area contributed by atoms with Crippen molar-refractivity contribution in [2.24, 2.45) is 11.7 Å². The standard InChI is InChI=1S/C10H18N2O3S/c1-3-7(2)9(11)10(13)12-8-4-5-16(14,15)6-8/h4-5,7-9H,3,6,11H2,1-2H3,(H,12,13)/t7-,8?,9-/m0/s1. The van der Waals surface area contributed by atoms with Crippen LogP contribution < -0.4 is 11.1 Å². The molecule has 0 spiro atoms. The minimum atomic E-state index is -3.13. The lowest BCUT2D eigenvalue weighted by molar-refractivity contribution is -0.123. The molecule has 3 atom stereocenters. The van der Waals surface area contributed by atoms with Gasteiger partial charge in [0.25, 0.3) is 0 Å². The predicted molar refractivity (Wildman–Crippen MR) is 62.3 cm³/mol. The zero-order valence-electron chi connectivity index (χ0n) is 9.51. The van der Waals surface area contributed by atoms with Crippen molar-refractivity contribution in [2.45, 2.75) is 32.4 Å². The fraction of sp³-hybridized carbons (Fsp3) is 0.700. The highest BCUT2D eigenvalue weighted by Gasteiger charge is 2.26. The highest BCUT2D eigenvalue weighted by Crippen LogP contribution is 2.10. The van der Waals surface area contributed by atoms with Crippen LogP contribution in [-0.4, -0.2) is 32.2 Å². The van der Waals surface area contributed by atoms with Crippen molar-refractivity contribution in [1.29, 1.82) is 0 Å². The minimum Gasteiger partial charge on any atom is -0.347 e. The monoisotopic (exact) mass is 246 g/mol. The van der Waals surface area contributed by atoms with E-state index in [1.807, 2.05) is 13.8 Å². The first kappa shape index (κ1) is 13.2. The number of carbonyl (C=O) groups is 1. The summed E-state index contributed by atoms with van der Waals surface area (Å²) in [4.78, 5) is 11.6. The second-order valence-electron chi connectivity index (χ2n) is 4.18. The van der Waals surface area contributed by atoms with Gasteiger partial charge in [-0.05, 0) is 12.0 Å². The van der Waals surface area contributed by atoms with Crippen LogP contribution in [0.15, 0.2) is 11.5 Å². The van der Waals surface area contributed by atoms with E-state index in [0.29, 0.717) is 0 Å². The summed E-state index contributed by atoms with van der Waals surface area (Å²) in [6.07, 6.45) is 2.30. The fourth-order valence-electron chi connectivity index (χ4n) is 1.46. The van der Waals surface area contributed by atoms with E-state index in [4.69, 9.17) is 5.73 Å². The fourth-order valence-corrected chi connectivity index (χ4v) is 2.69. The van der Waals surface area contributed by atoms with Gasteiger partial charge in [0.1, 0.15) is 0 Å². The van der Waals surface area contributed by atoms with Crippen LogP contribution in [0.25, 0.3) is 0 Å². The summed E-state index contributed by atoms with van der Waals surface area (Å²) in [7, 11) is -3.13. The second-order valence-corrected chi connectivity index (χ2v) is 6.12. The van der Waals surface area contributed by atoms with E-state index in [-0.39, 0.29) is 17.6 Å². The first-order valence-corrected chi connectivity index (χ1v) is 7.04. The van der Waals surface area contributed by atoms with Gasteiger partial charge in [-0.15, -0.1) is 0 Å². The Morgan fingerprint density at radius 1 is 1.62 bits per heavy atom. The largest absolute Gasteiger partial charge is 0.347 e. The number of sulfone groups is 1. The lowest BCUT2D eigenvalue weighted by Gasteiger charge is -2.19. The topological polar surface area (TPSA) is 89.3 Å². The van der Waals surface area contributed by atoms with Crippen molar-refractivity contribution in [3.8, 4) is 0 Å². The molecule has 0 bridgehead atoms. The molecule has 1 unspecified atom stereocenters. The molecule has 6 heteroatoms. The van der Waals surface area contributed by atoms with Gasteiger partial charge in [-0.25, -0.2) is 8.42 Å². The van der Waals surface area contributed by atoms with Gasteiger partial charge >= 0.3 is 0 Å². The molecule has 1 heterocycles. The average Bonchev–Trinajstić information content (AvgIpc) is 2.55. The van der Waals surface area contributed by atoms with Gasteiger partial charge in [-0.2, -0.15) is 0 Å². The molecule has 92 valence electrons. The third kappa shape index (κ3) is 3.31. The number of hydrogen-bond acceptors (Lipinski definition) is 4. The maximum absolute atomic E-state index is 11.6. The Bertz CT molecular complexity index is 389. The summed E-state index contributed by atoms with van der Waals surface area (Å²) < 4.78 is 22.2. The number of nitrogens with two attached hydrogens (primary N) is 1. The molecule has 0 saturated carbocycles. The first-order valence-electron chi connectivity index (χ1n) is 5.32. The quantitative estimate of drug-likeness (QED) is 0.718. The van der Waals surface area contributed by atoms with Gasteiger partial charge < -0.3 is 11.1 Å². The number of nitrogens with one attached hydrogen (secondary N) is 1. The Morgan fingerprint density at radius 3 is 2.69 bits per heavy atom. The zero-order valence-corrected chi connectivity index (χ0v) is 10.3. The molecule has 1 rings (SSSR count). The summed E-state index contributed by atoms with van der Waals surface area (Å²) in [5.41, 5.74) is 5.73. The van der Waals surface area contributed by atoms with Crippen molar-refractivity contribution in [3.05, 3.63) is 11.5 Å². The van der Waals surface area contributed by atoms with Crippen LogP contribution in [0.5, 0.6) is 0 Å². The highest BCUT2D eigenvalue weighted by atomic mass is 32.2. The van der Waals surface area contributed by atoms with E-state index in [2.05, 4.69) is 5.32 Å². The van der Waals surface area contributed by atoms with Gasteiger partial charge in [0.05, 0.1) is 17.8 Å². The van der Waals surface area contributed by atoms with Crippen LogP contribution in [0.4, 0.5) is 0 Å². The smallest absolute Gasteiger partial charge is 0.237 e. The minimum absolute atomic E-state index is 0.0635. The molecule has 1 aliphatic rings. The van der Waals surface area contributed by atoms with Crippen LogP contribution in [0.3, 0.4) is 0 Å². The lowest BCUT2D eigenvalue weighted by atomic mass is 9.99. The summed E-state index contributed by atoms with van der Waals surface area (Å²) >= 11 is 0. The molecule has 1 amide bonds. The van der Waals surface area contributed by atoms with Crippen molar-refractivity contribution in [3.63, 3.8) is 0 Å². The Balaban J connectivity index is 2.51. The molecule has 16 heavy (non-hydrogen) atoms. The van der Waals surface area contributed by atoms with Crippen LogP contribution >= 0.6 is 0 Å². The van der Waals surface area contributed by atoms with Crippen LogP contribution in [0.2, 0.25) is 0 Å². The van der Waals surface area contributed by atoms with Crippen molar-refractivity contribution < 1.29 is 13.2 Å². The van der Waals surface area contributed by atoms with Crippen LogP contribution in [-0.2, 0) is 14.6 Å². The zero-order chi connectivity index (χ0) is 12.3. The molecule has 0 aliphatic carbocycles. The van der Waals surface area contributed by atoms with Crippen LogP contribution in [0.1, 0.15) is 20.3 Å². The third-order valence-corrected chi connectivity index (χ3v) is 4.21. The molecule has 0 saturated heterocycles. The molecule has 0 radical (unpaired) electrons. The van der Waals surface area contributed by atoms with Crippen molar-refractivity contribution in [2.75, 3.05) is 5.75 Å². The van der Waals surface area contributed by atoms with E-state index in [9.17, 15) is 13.2 Å². The molecular formula is C10H18N2O3S. The SMILES string of the molecule is CC[C@H](C)[C@H](N)C(=O)NC1C=CS(=O)(=O)C1. The average molecular weight is 246 g/mol. The second kappa shape index (κ2) is 4.97. The maximum atomic E-state index is 11.6. The van der Waals surface area contributed by atoms with Crippen LogP contribution in [0, 0.1) is 5.92 Å². The van der Waals surface area contributed by atoms with Crippen molar-refractivity contribution in [1.82, 2.24) is 5.32 Å². The number of rotatable bonds is 4.